The number of rotatable bonds is 4. The van der Waals surface area contributed by atoms with E-state index >= 15 is 0 Å². The molecule has 2 heterocycles. The van der Waals surface area contributed by atoms with Crippen LogP contribution in [0.25, 0.3) is 0 Å². The second-order valence-corrected chi connectivity index (χ2v) is 6.72. The minimum atomic E-state index is 0.382. The Hall–Kier alpha value is -0.510. The summed E-state index contributed by atoms with van der Waals surface area (Å²) in [5, 5.41) is 0. The van der Waals surface area contributed by atoms with Crippen molar-refractivity contribution in [2.24, 2.45) is 5.41 Å². The van der Waals surface area contributed by atoms with Crippen LogP contribution in [0.4, 0.5) is 0 Å². The number of thiol groups is 1. The van der Waals surface area contributed by atoms with Crippen LogP contribution in [0.2, 0.25) is 0 Å². The van der Waals surface area contributed by atoms with Gasteiger partial charge in [-0.2, -0.15) is 12.6 Å². The molecule has 2 nitrogen and oxygen atoms in total. The first-order valence-electron chi connectivity index (χ1n) is 7.77. The van der Waals surface area contributed by atoms with E-state index in [0.29, 0.717) is 11.3 Å². The van der Waals surface area contributed by atoms with Crippen LogP contribution in [0.1, 0.15) is 30.7 Å². The highest BCUT2D eigenvalue weighted by Gasteiger charge is 2.35. The fourth-order valence-electron chi connectivity index (χ4n) is 3.62. The third kappa shape index (κ3) is 3.21. The summed E-state index contributed by atoms with van der Waals surface area (Å²) in [6.45, 7) is 5.46. The van der Waals surface area contributed by atoms with Gasteiger partial charge < -0.3 is 9.64 Å². The van der Waals surface area contributed by atoms with E-state index in [2.05, 4.69) is 47.9 Å². The summed E-state index contributed by atoms with van der Waals surface area (Å²) in [6, 6.07) is 11.0. The molecule has 2 saturated heterocycles. The predicted octanol–water partition coefficient (Wildman–Crippen LogP) is 3.20. The van der Waals surface area contributed by atoms with Crippen molar-refractivity contribution in [1.82, 2.24) is 4.90 Å². The maximum absolute atomic E-state index is 5.53. The summed E-state index contributed by atoms with van der Waals surface area (Å²) < 4.78 is 5.53. The van der Waals surface area contributed by atoms with E-state index in [0.717, 1.165) is 19.0 Å². The molecule has 20 heavy (non-hydrogen) atoms. The molecule has 2 fully saturated rings. The highest BCUT2D eigenvalue weighted by atomic mass is 32.1. The van der Waals surface area contributed by atoms with Gasteiger partial charge in [0.2, 0.25) is 0 Å². The fourth-order valence-corrected chi connectivity index (χ4v) is 4.03. The number of hydrogen-bond acceptors (Lipinski definition) is 3. The van der Waals surface area contributed by atoms with E-state index in [9.17, 15) is 0 Å². The second kappa shape index (κ2) is 6.50. The Morgan fingerprint density at radius 2 is 1.95 bits per heavy atom. The minimum absolute atomic E-state index is 0.382. The lowest BCUT2D eigenvalue weighted by Gasteiger charge is -2.39. The lowest BCUT2D eigenvalue weighted by atomic mass is 9.81. The molecule has 2 aliphatic heterocycles. The molecule has 1 aromatic carbocycles. The van der Waals surface area contributed by atoms with Crippen molar-refractivity contribution in [2.75, 3.05) is 38.6 Å². The van der Waals surface area contributed by atoms with Gasteiger partial charge >= 0.3 is 0 Å². The second-order valence-electron chi connectivity index (χ2n) is 6.40. The monoisotopic (exact) mass is 291 g/mol. The molecule has 0 aromatic heterocycles. The molecule has 0 radical (unpaired) electrons. The first-order valence-corrected chi connectivity index (χ1v) is 8.40. The van der Waals surface area contributed by atoms with Crippen LogP contribution in [0.3, 0.4) is 0 Å². The molecular formula is C17H25NOS. The van der Waals surface area contributed by atoms with Gasteiger partial charge in [0.15, 0.2) is 0 Å². The number of nitrogens with zero attached hydrogens (tertiary/aromatic N) is 1. The van der Waals surface area contributed by atoms with Crippen molar-refractivity contribution < 1.29 is 4.74 Å². The Kier molecular flexibility index (Phi) is 4.69. The molecule has 3 heteroatoms. The van der Waals surface area contributed by atoms with E-state index in [-0.39, 0.29) is 0 Å². The number of benzene rings is 1. The molecule has 0 N–H and O–H groups in total. The Labute approximate surface area is 127 Å². The first kappa shape index (κ1) is 14.4. The Morgan fingerprint density at radius 1 is 1.20 bits per heavy atom. The van der Waals surface area contributed by atoms with E-state index in [1.165, 1.54) is 44.5 Å². The molecule has 1 atom stereocenters. The van der Waals surface area contributed by atoms with Gasteiger partial charge in [0.25, 0.3) is 0 Å². The zero-order valence-electron chi connectivity index (χ0n) is 12.1. The van der Waals surface area contributed by atoms with E-state index in [1.807, 2.05) is 0 Å². The summed E-state index contributed by atoms with van der Waals surface area (Å²) in [6.07, 6.45) is 3.63. The van der Waals surface area contributed by atoms with Crippen LogP contribution in [0.5, 0.6) is 0 Å². The van der Waals surface area contributed by atoms with E-state index < -0.39 is 0 Å². The number of hydrogen-bond donors (Lipinski definition) is 1. The average Bonchev–Trinajstić information content (AvgIpc) is 2.97. The lowest BCUT2D eigenvalue weighted by Crippen LogP contribution is -2.42. The van der Waals surface area contributed by atoms with Crippen LogP contribution in [-0.4, -0.2) is 43.5 Å². The van der Waals surface area contributed by atoms with Crippen LogP contribution in [0, 0.1) is 5.41 Å². The van der Waals surface area contributed by atoms with Crippen molar-refractivity contribution >= 4 is 12.6 Å². The standard InChI is InChI=1S/C17H25NOS/c20-14-17(7-10-19-11-8-17)13-18-9-6-16(12-18)15-4-2-1-3-5-15/h1-5,16,20H,6-14H2. The van der Waals surface area contributed by atoms with Gasteiger partial charge in [-0.05, 0) is 48.5 Å². The minimum Gasteiger partial charge on any atom is -0.381 e. The normalized spacial score (nSPS) is 26.8. The third-order valence-electron chi connectivity index (χ3n) is 4.99. The highest BCUT2D eigenvalue weighted by Crippen LogP contribution is 2.35. The molecule has 0 saturated carbocycles. The summed E-state index contributed by atoms with van der Waals surface area (Å²) in [7, 11) is 0. The molecule has 1 aromatic rings. The smallest absolute Gasteiger partial charge is 0.0472 e. The topological polar surface area (TPSA) is 12.5 Å². The first-order chi connectivity index (χ1) is 9.81. The van der Waals surface area contributed by atoms with Crippen molar-refractivity contribution in [3.8, 4) is 0 Å². The maximum atomic E-state index is 5.53. The maximum Gasteiger partial charge on any atom is 0.0472 e. The number of ether oxygens (including phenoxy) is 1. The predicted molar refractivity (Wildman–Crippen MR) is 86.6 cm³/mol. The summed E-state index contributed by atoms with van der Waals surface area (Å²) in [5.74, 6) is 1.70. The van der Waals surface area contributed by atoms with Gasteiger partial charge in [-0.3, -0.25) is 0 Å². The molecule has 0 aliphatic carbocycles. The van der Waals surface area contributed by atoms with Gasteiger partial charge in [0, 0.05) is 26.3 Å². The van der Waals surface area contributed by atoms with Crippen molar-refractivity contribution in [1.29, 1.82) is 0 Å². The summed E-state index contributed by atoms with van der Waals surface area (Å²) in [4.78, 5) is 2.65. The Bertz CT molecular complexity index is 416. The SMILES string of the molecule is SCC1(CN2CCC(c3ccccc3)C2)CCOCC1. The van der Waals surface area contributed by atoms with Gasteiger partial charge in [-0.25, -0.2) is 0 Å². The Morgan fingerprint density at radius 3 is 2.65 bits per heavy atom. The van der Waals surface area contributed by atoms with E-state index in [4.69, 9.17) is 4.74 Å². The average molecular weight is 291 g/mol. The quantitative estimate of drug-likeness (QED) is 0.855. The molecule has 0 amide bonds. The summed E-state index contributed by atoms with van der Waals surface area (Å²) >= 11 is 4.63. The van der Waals surface area contributed by atoms with Crippen molar-refractivity contribution in [3.05, 3.63) is 35.9 Å². The van der Waals surface area contributed by atoms with Gasteiger partial charge in [-0.1, -0.05) is 30.3 Å². The van der Waals surface area contributed by atoms with Crippen LogP contribution >= 0.6 is 12.6 Å². The zero-order valence-corrected chi connectivity index (χ0v) is 13.0. The molecule has 0 spiro atoms. The lowest BCUT2D eigenvalue weighted by molar-refractivity contribution is 0.0111. The Balaban J connectivity index is 1.60. The molecule has 0 bridgehead atoms. The van der Waals surface area contributed by atoms with Gasteiger partial charge in [0.1, 0.15) is 0 Å². The van der Waals surface area contributed by atoms with Gasteiger partial charge in [0.05, 0.1) is 0 Å². The summed E-state index contributed by atoms with van der Waals surface area (Å²) in [5.41, 5.74) is 1.88. The molecule has 3 rings (SSSR count). The largest absolute Gasteiger partial charge is 0.381 e. The van der Waals surface area contributed by atoms with Crippen LogP contribution in [-0.2, 0) is 4.74 Å². The van der Waals surface area contributed by atoms with Crippen LogP contribution in [0.15, 0.2) is 30.3 Å². The molecule has 1 unspecified atom stereocenters. The highest BCUT2D eigenvalue weighted by molar-refractivity contribution is 7.80. The fraction of sp³-hybridized carbons (Fsp3) is 0.647. The number of likely N-dealkylation sites (tertiary alicyclic amines) is 1. The van der Waals surface area contributed by atoms with Crippen LogP contribution < -0.4 is 0 Å². The van der Waals surface area contributed by atoms with E-state index in [1.54, 1.807) is 0 Å². The third-order valence-corrected chi connectivity index (χ3v) is 5.66. The molecule has 2 aliphatic rings. The van der Waals surface area contributed by atoms with Crippen molar-refractivity contribution in [2.45, 2.75) is 25.2 Å². The van der Waals surface area contributed by atoms with Crippen molar-refractivity contribution in [3.63, 3.8) is 0 Å². The van der Waals surface area contributed by atoms with Gasteiger partial charge in [-0.15, -0.1) is 0 Å². The zero-order chi connectivity index (χ0) is 13.8. The molecule has 110 valence electrons. The molecular weight excluding hydrogens is 266 g/mol.